The fourth-order valence-corrected chi connectivity index (χ4v) is 3.42. The van der Waals surface area contributed by atoms with Crippen LogP contribution in [-0.4, -0.2) is 19.5 Å². The predicted octanol–water partition coefficient (Wildman–Crippen LogP) is 4.54. The van der Waals surface area contributed by atoms with E-state index in [1.807, 2.05) is 11.4 Å². The Bertz CT molecular complexity index is 595. The highest BCUT2D eigenvalue weighted by Crippen LogP contribution is 2.29. The molecule has 1 aromatic carbocycles. The summed E-state index contributed by atoms with van der Waals surface area (Å²) < 4.78 is 12.2. The first-order chi connectivity index (χ1) is 9.11. The van der Waals surface area contributed by atoms with Gasteiger partial charge in [0.1, 0.15) is 11.5 Å². The number of ether oxygens (including phenoxy) is 2. The van der Waals surface area contributed by atoms with Crippen LogP contribution in [0.3, 0.4) is 0 Å². The van der Waals surface area contributed by atoms with Gasteiger partial charge in [-0.3, -0.25) is 4.79 Å². The molecule has 0 atom stereocenters. The van der Waals surface area contributed by atoms with Crippen molar-refractivity contribution in [2.75, 3.05) is 13.7 Å². The molecule has 100 valence electrons. The van der Waals surface area contributed by atoms with Gasteiger partial charge in [0.25, 0.3) is 0 Å². The molecule has 3 nitrogen and oxygen atoms in total. The second kappa shape index (κ2) is 6.54. The minimum absolute atomic E-state index is 0.00401. The fraction of sp³-hybridized carbons (Fsp3) is 0.154. The van der Waals surface area contributed by atoms with Gasteiger partial charge < -0.3 is 9.47 Å². The van der Waals surface area contributed by atoms with Gasteiger partial charge in [-0.25, -0.2) is 0 Å². The van der Waals surface area contributed by atoms with Crippen LogP contribution in [0, 0.1) is 0 Å². The SMILES string of the molecule is COc1ccc(OCC(=O)c2sccc2Br)c(Br)c1. The maximum atomic E-state index is 11.9. The largest absolute Gasteiger partial charge is 0.497 e. The van der Waals surface area contributed by atoms with E-state index in [9.17, 15) is 4.79 Å². The maximum Gasteiger partial charge on any atom is 0.211 e. The smallest absolute Gasteiger partial charge is 0.211 e. The van der Waals surface area contributed by atoms with Crippen molar-refractivity contribution in [1.29, 1.82) is 0 Å². The second-order valence-corrected chi connectivity index (χ2v) is 6.23. The van der Waals surface area contributed by atoms with Gasteiger partial charge in [-0.2, -0.15) is 0 Å². The highest BCUT2D eigenvalue weighted by Gasteiger charge is 2.13. The summed E-state index contributed by atoms with van der Waals surface area (Å²) in [6.45, 7) is 0.00401. The van der Waals surface area contributed by atoms with E-state index < -0.39 is 0 Å². The zero-order valence-corrected chi connectivity index (χ0v) is 14.0. The minimum Gasteiger partial charge on any atom is -0.497 e. The van der Waals surface area contributed by atoms with Gasteiger partial charge in [0.2, 0.25) is 5.78 Å². The molecule has 0 aliphatic carbocycles. The quantitative estimate of drug-likeness (QED) is 0.685. The normalized spacial score (nSPS) is 10.3. The third kappa shape index (κ3) is 3.58. The molecule has 2 aromatic rings. The summed E-state index contributed by atoms with van der Waals surface area (Å²) in [5.41, 5.74) is 0. The van der Waals surface area contributed by atoms with Crippen molar-refractivity contribution in [2.24, 2.45) is 0 Å². The van der Waals surface area contributed by atoms with Gasteiger partial charge >= 0.3 is 0 Å². The van der Waals surface area contributed by atoms with Gasteiger partial charge in [0.05, 0.1) is 16.5 Å². The molecule has 0 radical (unpaired) electrons. The van der Waals surface area contributed by atoms with Crippen LogP contribution in [0.15, 0.2) is 38.6 Å². The third-order valence-electron chi connectivity index (χ3n) is 2.37. The number of ketones is 1. The standard InChI is InChI=1S/C13H10Br2O3S/c1-17-8-2-3-12(10(15)6-8)18-7-11(16)13-9(14)4-5-19-13/h2-6H,7H2,1H3. The molecule has 0 N–H and O–H groups in total. The molecule has 0 spiro atoms. The van der Waals surface area contributed by atoms with Crippen molar-refractivity contribution < 1.29 is 14.3 Å². The Hall–Kier alpha value is -0.850. The van der Waals surface area contributed by atoms with Gasteiger partial charge in [-0.1, -0.05) is 0 Å². The average Bonchev–Trinajstić information content (AvgIpc) is 2.83. The molecule has 0 amide bonds. The number of rotatable bonds is 5. The van der Waals surface area contributed by atoms with Crippen molar-refractivity contribution in [3.63, 3.8) is 0 Å². The number of carbonyl (C=O) groups excluding carboxylic acids is 1. The number of thiophene rings is 1. The van der Waals surface area contributed by atoms with Crippen LogP contribution in [0.4, 0.5) is 0 Å². The molecule has 0 saturated carbocycles. The molecule has 0 fully saturated rings. The molecule has 6 heteroatoms. The molecule has 0 aliphatic heterocycles. The van der Waals surface area contributed by atoms with Crippen molar-refractivity contribution in [1.82, 2.24) is 0 Å². The third-order valence-corrected chi connectivity index (χ3v) is 4.87. The van der Waals surface area contributed by atoms with Crippen LogP contribution < -0.4 is 9.47 Å². The molecule has 2 rings (SSSR count). The summed E-state index contributed by atoms with van der Waals surface area (Å²) in [5, 5.41) is 1.86. The number of Topliss-reactive ketones (excluding diaryl/α,β-unsaturated/α-hetero) is 1. The Balaban J connectivity index is 2.03. The zero-order chi connectivity index (χ0) is 13.8. The summed E-state index contributed by atoms with van der Waals surface area (Å²) in [6.07, 6.45) is 0. The first kappa shape index (κ1) is 14.6. The highest BCUT2D eigenvalue weighted by molar-refractivity contribution is 9.11. The number of hydrogen-bond donors (Lipinski definition) is 0. The van der Waals surface area contributed by atoms with Crippen molar-refractivity contribution in [3.8, 4) is 11.5 Å². The lowest BCUT2D eigenvalue weighted by atomic mass is 10.3. The molecule has 0 unspecified atom stereocenters. The van der Waals surface area contributed by atoms with E-state index in [4.69, 9.17) is 9.47 Å². The minimum atomic E-state index is -0.0513. The predicted molar refractivity (Wildman–Crippen MR) is 82.5 cm³/mol. The summed E-state index contributed by atoms with van der Waals surface area (Å²) in [5.74, 6) is 1.29. The molecular weight excluding hydrogens is 396 g/mol. The number of halogens is 2. The molecule has 1 aromatic heterocycles. The van der Waals surface area contributed by atoms with E-state index in [1.165, 1.54) is 11.3 Å². The van der Waals surface area contributed by atoms with Crippen LogP contribution in [0.25, 0.3) is 0 Å². The Morgan fingerprint density at radius 1 is 1.26 bits per heavy atom. The Morgan fingerprint density at radius 2 is 2.05 bits per heavy atom. The second-order valence-electron chi connectivity index (χ2n) is 3.61. The maximum absolute atomic E-state index is 11.9. The van der Waals surface area contributed by atoms with Crippen LogP contribution in [-0.2, 0) is 0 Å². The summed E-state index contributed by atoms with van der Waals surface area (Å²) in [6, 6.07) is 7.19. The van der Waals surface area contributed by atoms with Crippen molar-refractivity contribution in [3.05, 3.63) is 43.5 Å². The molecule has 0 saturated heterocycles. The average molecular weight is 406 g/mol. The van der Waals surface area contributed by atoms with E-state index in [-0.39, 0.29) is 12.4 Å². The van der Waals surface area contributed by atoms with Crippen molar-refractivity contribution >= 4 is 49.0 Å². The van der Waals surface area contributed by atoms with E-state index in [0.717, 1.165) is 14.7 Å². The molecule has 0 aliphatic rings. The number of benzene rings is 1. The first-order valence-corrected chi connectivity index (χ1v) is 7.81. The van der Waals surface area contributed by atoms with Crippen LogP contribution in [0.5, 0.6) is 11.5 Å². The summed E-state index contributed by atoms with van der Waals surface area (Å²) in [7, 11) is 1.60. The van der Waals surface area contributed by atoms with Gasteiger partial charge in [0.15, 0.2) is 6.61 Å². The number of methoxy groups -OCH3 is 1. The number of carbonyl (C=O) groups is 1. The zero-order valence-electron chi connectivity index (χ0n) is 9.98. The van der Waals surface area contributed by atoms with Gasteiger partial charge in [-0.05, 0) is 61.5 Å². The van der Waals surface area contributed by atoms with Crippen LogP contribution >= 0.6 is 43.2 Å². The lowest BCUT2D eigenvalue weighted by Crippen LogP contribution is -2.10. The highest BCUT2D eigenvalue weighted by atomic mass is 79.9. The summed E-state index contributed by atoms with van der Waals surface area (Å²) >= 11 is 8.11. The molecule has 0 bridgehead atoms. The molecule has 1 heterocycles. The van der Waals surface area contributed by atoms with E-state index in [1.54, 1.807) is 25.3 Å². The van der Waals surface area contributed by atoms with Crippen LogP contribution in [0.2, 0.25) is 0 Å². The summed E-state index contributed by atoms with van der Waals surface area (Å²) in [4.78, 5) is 12.6. The Morgan fingerprint density at radius 3 is 2.63 bits per heavy atom. The van der Waals surface area contributed by atoms with Gasteiger partial charge in [-0.15, -0.1) is 11.3 Å². The first-order valence-electron chi connectivity index (χ1n) is 5.34. The Kier molecular flexibility index (Phi) is 5.01. The molecular formula is C13H10Br2O3S. The molecule has 19 heavy (non-hydrogen) atoms. The van der Waals surface area contributed by atoms with Crippen molar-refractivity contribution in [2.45, 2.75) is 0 Å². The number of hydrogen-bond acceptors (Lipinski definition) is 4. The lowest BCUT2D eigenvalue weighted by molar-refractivity contribution is 0.0924. The van der Waals surface area contributed by atoms with E-state index in [0.29, 0.717) is 10.6 Å². The fourth-order valence-electron chi connectivity index (χ4n) is 1.43. The van der Waals surface area contributed by atoms with Gasteiger partial charge in [0, 0.05) is 4.47 Å². The van der Waals surface area contributed by atoms with E-state index >= 15 is 0 Å². The Labute approximate surface area is 131 Å². The lowest BCUT2D eigenvalue weighted by Gasteiger charge is -2.08. The topological polar surface area (TPSA) is 35.5 Å². The van der Waals surface area contributed by atoms with Crippen LogP contribution in [0.1, 0.15) is 9.67 Å². The van der Waals surface area contributed by atoms with E-state index in [2.05, 4.69) is 31.9 Å². The monoisotopic (exact) mass is 404 g/mol.